The summed E-state index contributed by atoms with van der Waals surface area (Å²) >= 11 is 0. The molecule has 0 aliphatic heterocycles. The number of anilines is 1. The summed E-state index contributed by atoms with van der Waals surface area (Å²) in [5, 5.41) is 6.19. The Bertz CT molecular complexity index is 882. The van der Waals surface area contributed by atoms with Gasteiger partial charge in [-0.15, -0.1) is 24.0 Å². The molecule has 1 aliphatic carbocycles. The van der Waals surface area contributed by atoms with E-state index in [-0.39, 0.29) is 29.9 Å². The molecule has 7 heteroatoms. The number of fused-ring (bicyclic) bond motifs is 1. The number of aliphatic imine (C=N–C) groups is 1. The molecular formula is C23H32IN5O. The van der Waals surface area contributed by atoms with Gasteiger partial charge in [-0.05, 0) is 74.7 Å². The molecule has 0 saturated heterocycles. The van der Waals surface area contributed by atoms with Gasteiger partial charge in [-0.1, -0.05) is 24.3 Å². The van der Waals surface area contributed by atoms with E-state index in [1.165, 1.54) is 24.0 Å². The van der Waals surface area contributed by atoms with E-state index in [1.807, 2.05) is 43.3 Å². The summed E-state index contributed by atoms with van der Waals surface area (Å²) in [6.07, 6.45) is 4.67. The maximum Gasteiger partial charge on any atom is 0.251 e. The van der Waals surface area contributed by atoms with Crippen LogP contribution in [0.2, 0.25) is 0 Å². The number of hydrogen-bond acceptors (Lipinski definition) is 3. The van der Waals surface area contributed by atoms with Crippen LogP contribution < -0.4 is 16.4 Å². The SMILES string of the molecule is CN(C)CCNC(=O)c1cccc(CN=C(N)Nc2cccc3c2CCCC3)c1.I. The lowest BCUT2D eigenvalue weighted by Crippen LogP contribution is -2.31. The van der Waals surface area contributed by atoms with Crippen molar-refractivity contribution in [1.29, 1.82) is 0 Å². The first-order chi connectivity index (χ1) is 14.0. The molecule has 4 N–H and O–H groups in total. The maximum atomic E-state index is 12.3. The molecule has 0 saturated carbocycles. The molecule has 0 unspecified atom stereocenters. The average Bonchev–Trinajstić information content (AvgIpc) is 2.72. The fraction of sp³-hybridized carbons (Fsp3) is 0.391. The van der Waals surface area contributed by atoms with Gasteiger partial charge in [-0.3, -0.25) is 4.79 Å². The Balaban J connectivity index is 0.00000320. The molecule has 0 radical (unpaired) electrons. The Hall–Kier alpha value is -2.13. The van der Waals surface area contributed by atoms with Gasteiger partial charge in [0.2, 0.25) is 0 Å². The molecule has 1 amide bonds. The zero-order valence-corrected chi connectivity index (χ0v) is 20.1. The zero-order chi connectivity index (χ0) is 20.6. The van der Waals surface area contributed by atoms with Crippen LogP contribution in [0.4, 0.5) is 5.69 Å². The number of halogens is 1. The number of aryl methyl sites for hydroxylation is 1. The summed E-state index contributed by atoms with van der Waals surface area (Å²) in [6, 6.07) is 13.8. The second-order valence-corrected chi connectivity index (χ2v) is 7.74. The average molecular weight is 521 g/mol. The molecule has 0 aromatic heterocycles. The number of nitrogens with zero attached hydrogens (tertiary/aromatic N) is 2. The van der Waals surface area contributed by atoms with Gasteiger partial charge in [0.1, 0.15) is 0 Å². The van der Waals surface area contributed by atoms with Crippen LogP contribution in [0, 0.1) is 0 Å². The van der Waals surface area contributed by atoms with Crippen molar-refractivity contribution in [3.8, 4) is 0 Å². The summed E-state index contributed by atoms with van der Waals surface area (Å²) in [5.74, 6) is 0.324. The molecule has 0 spiro atoms. The largest absolute Gasteiger partial charge is 0.370 e. The van der Waals surface area contributed by atoms with Gasteiger partial charge in [0, 0.05) is 24.3 Å². The lowest BCUT2D eigenvalue weighted by molar-refractivity contribution is 0.0951. The van der Waals surface area contributed by atoms with E-state index in [4.69, 9.17) is 5.73 Å². The lowest BCUT2D eigenvalue weighted by Gasteiger charge is -2.19. The highest BCUT2D eigenvalue weighted by molar-refractivity contribution is 14.0. The van der Waals surface area contributed by atoms with E-state index in [0.717, 1.165) is 30.6 Å². The minimum absolute atomic E-state index is 0. The van der Waals surface area contributed by atoms with Gasteiger partial charge in [-0.25, -0.2) is 4.99 Å². The Morgan fingerprint density at radius 3 is 2.70 bits per heavy atom. The number of carbonyl (C=O) groups is 1. The molecule has 0 heterocycles. The molecule has 2 aromatic carbocycles. The standard InChI is InChI=1S/C23H31N5O.HI/c1-28(2)14-13-25-22(29)19-10-5-7-17(15-19)16-26-23(24)27-21-12-6-9-18-8-3-4-11-20(18)21;/h5-7,9-10,12,15H,3-4,8,11,13-14,16H2,1-2H3,(H,25,29)(H3,24,26,27);1H. The molecule has 0 fully saturated rings. The van der Waals surface area contributed by atoms with Crippen LogP contribution in [0.15, 0.2) is 47.5 Å². The van der Waals surface area contributed by atoms with Gasteiger partial charge in [-0.2, -0.15) is 0 Å². The summed E-state index contributed by atoms with van der Waals surface area (Å²) in [6.45, 7) is 1.85. The van der Waals surface area contributed by atoms with Crippen molar-refractivity contribution in [2.24, 2.45) is 10.7 Å². The second-order valence-electron chi connectivity index (χ2n) is 7.74. The van der Waals surface area contributed by atoms with Crippen LogP contribution in [0.25, 0.3) is 0 Å². The summed E-state index contributed by atoms with van der Waals surface area (Å²) in [5.41, 5.74) is 11.5. The predicted octanol–water partition coefficient (Wildman–Crippen LogP) is 3.40. The summed E-state index contributed by atoms with van der Waals surface area (Å²) < 4.78 is 0. The van der Waals surface area contributed by atoms with Crippen LogP contribution in [-0.4, -0.2) is 44.0 Å². The molecule has 0 atom stereocenters. The van der Waals surface area contributed by atoms with Gasteiger partial charge in [0.25, 0.3) is 5.91 Å². The Kier molecular flexibility index (Phi) is 9.58. The molecule has 162 valence electrons. The van der Waals surface area contributed by atoms with Crippen LogP contribution in [0.5, 0.6) is 0 Å². The minimum atomic E-state index is -0.0697. The van der Waals surface area contributed by atoms with Crippen LogP contribution in [0.3, 0.4) is 0 Å². The molecule has 3 rings (SSSR count). The molecule has 2 aromatic rings. The highest BCUT2D eigenvalue weighted by atomic mass is 127. The monoisotopic (exact) mass is 521 g/mol. The van der Waals surface area contributed by atoms with E-state index < -0.39 is 0 Å². The van der Waals surface area contributed by atoms with E-state index in [9.17, 15) is 4.79 Å². The number of carbonyl (C=O) groups excluding carboxylic acids is 1. The summed E-state index contributed by atoms with van der Waals surface area (Å²) in [4.78, 5) is 18.8. The van der Waals surface area contributed by atoms with Gasteiger partial charge in [0.05, 0.1) is 6.54 Å². The number of guanidine groups is 1. The smallest absolute Gasteiger partial charge is 0.251 e. The highest BCUT2D eigenvalue weighted by Gasteiger charge is 2.13. The first-order valence-corrected chi connectivity index (χ1v) is 10.2. The number of nitrogens with one attached hydrogen (secondary N) is 2. The third-order valence-corrected chi connectivity index (χ3v) is 5.12. The quantitative estimate of drug-likeness (QED) is 0.297. The van der Waals surface area contributed by atoms with Crippen LogP contribution in [-0.2, 0) is 19.4 Å². The first kappa shape index (κ1) is 24.1. The first-order valence-electron chi connectivity index (χ1n) is 10.2. The van der Waals surface area contributed by atoms with Crippen molar-refractivity contribution in [3.63, 3.8) is 0 Å². The number of hydrogen-bond donors (Lipinski definition) is 3. The molecule has 1 aliphatic rings. The predicted molar refractivity (Wildman–Crippen MR) is 135 cm³/mol. The van der Waals surface area contributed by atoms with Gasteiger partial charge >= 0.3 is 0 Å². The van der Waals surface area contributed by atoms with Crippen molar-refractivity contribution in [2.45, 2.75) is 32.2 Å². The number of amides is 1. The fourth-order valence-electron chi connectivity index (χ4n) is 3.56. The number of rotatable bonds is 7. The van der Waals surface area contributed by atoms with E-state index in [2.05, 4.69) is 33.8 Å². The Morgan fingerprint density at radius 2 is 1.90 bits per heavy atom. The molecule has 0 bridgehead atoms. The molecule has 30 heavy (non-hydrogen) atoms. The van der Waals surface area contributed by atoms with Crippen molar-refractivity contribution in [1.82, 2.24) is 10.2 Å². The topological polar surface area (TPSA) is 82.8 Å². The number of nitrogens with two attached hydrogens (primary N) is 1. The lowest BCUT2D eigenvalue weighted by atomic mass is 9.90. The van der Waals surface area contributed by atoms with Crippen LogP contribution >= 0.6 is 24.0 Å². The highest BCUT2D eigenvalue weighted by Crippen LogP contribution is 2.27. The normalized spacial score (nSPS) is 13.4. The second kappa shape index (κ2) is 11.9. The minimum Gasteiger partial charge on any atom is -0.370 e. The fourth-order valence-corrected chi connectivity index (χ4v) is 3.56. The third kappa shape index (κ3) is 6.98. The number of likely N-dealkylation sites (N-methyl/N-ethyl adjacent to an activating group) is 1. The Morgan fingerprint density at radius 1 is 1.13 bits per heavy atom. The van der Waals surface area contributed by atoms with Crippen molar-refractivity contribution in [2.75, 3.05) is 32.5 Å². The van der Waals surface area contributed by atoms with Gasteiger partial charge < -0.3 is 21.3 Å². The van der Waals surface area contributed by atoms with E-state index >= 15 is 0 Å². The third-order valence-electron chi connectivity index (χ3n) is 5.12. The molecule has 6 nitrogen and oxygen atoms in total. The molecular weight excluding hydrogens is 489 g/mol. The number of benzene rings is 2. The van der Waals surface area contributed by atoms with Crippen molar-refractivity contribution in [3.05, 3.63) is 64.7 Å². The van der Waals surface area contributed by atoms with Crippen LogP contribution in [0.1, 0.15) is 39.9 Å². The van der Waals surface area contributed by atoms with Crippen molar-refractivity contribution >= 4 is 41.5 Å². The van der Waals surface area contributed by atoms with E-state index in [1.54, 1.807) is 0 Å². The Labute approximate surface area is 196 Å². The maximum absolute atomic E-state index is 12.3. The van der Waals surface area contributed by atoms with Gasteiger partial charge in [0.15, 0.2) is 5.96 Å². The van der Waals surface area contributed by atoms with Crippen molar-refractivity contribution < 1.29 is 4.79 Å². The summed E-state index contributed by atoms with van der Waals surface area (Å²) in [7, 11) is 3.96. The zero-order valence-electron chi connectivity index (χ0n) is 17.8. The van der Waals surface area contributed by atoms with E-state index in [0.29, 0.717) is 24.6 Å².